The molecule has 1 unspecified atom stereocenters. The first-order chi connectivity index (χ1) is 20.5. The van der Waals surface area contributed by atoms with Gasteiger partial charge in [-0.15, -0.1) is 0 Å². The average molecular weight is 572 g/mol. The van der Waals surface area contributed by atoms with E-state index in [2.05, 4.69) is 58.7 Å². The predicted molar refractivity (Wildman–Crippen MR) is 161 cm³/mol. The fraction of sp³-hybridized carbons (Fsp3) is 0.562. The second kappa shape index (κ2) is 12.3. The molecule has 0 bridgehead atoms. The van der Waals surface area contributed by atoms with Crippen LogP contribution in [0.25, 0.3) is 0 Å². The summed E-state index contributed by atoms with van der Waals surface area (Å²) in [6.07, 6.45) is 6.38. The summed E-state index contributed by atoms with van der Waals surface area (Å²) in [4.78, 5) is 31.4. The SMILES string of the molecule is C=CC(=O)N1CCN(c2nc(O[C@@H]3CN(C)C[C@H]3OC)nc3c2CCC(N2CCCc4ccccc42)C3)C[C@@H]1CC#N. The number of hydrogen-bond donors (Lipinski definition) is 0. The molecule has 0 saturated carbocycles. The summed E-state index contributed by atoms with van der Waals surface area (Å²) < 4.78 is 12.2. The van der Waals surface area contributed by atoms with Crippen molar-refractivity contribution in [1.29, 1.82) is 5.26 Å². The maximum absolute atomic E-state index is 12.5. The van der Waals surface area contributed by atoms with Gasteiger partial charge in [-0.1, -0.05) is 24.8 Å². The molecule has 42 heavy (non-hydrogen) atoms. The van der Waals surface area contributed by atoms with Crippen LogP contribution in [0.5, 0.6) is 6.01 Å². The molecule has 4 heterocycles. The molecule has 1 aromatic heterocycles. The number of aryl methyl sites for hydroxylation is 1. The van der Waals surface area contributed by atoms with E-state index < -0.39 is 0 Å². The maximum atomic E-state index is 12.5. The molecule has 0 N–H and O–H groups in total. The van der Waals surface area contributed by atoms with Crippen molar-refractivity contribution >= 4 is 17.4 Å². The Morgan fingerprint density at radius 3 is 2.79 bits per heavy atom. The molecule has 10 heteroatoms. The van der Waals surface area contributed by atoms with Gasteiger partial charge in [0.2, 0.25) is 5.91 Å². The van der Waals surface area contributed by atoms with Crippen molar-refractivity contribution in [3.05, 3.63) is 53.7 Å². The third-order valence-electron chi connectivity index (χ3n) is 9.32. The Balaban J connectivity index is 1.33. The Kier molecular flexibility index (Phi) is 8.31. The van der Waals surface area contributed by atoms with Gasteiger partial charge in [-0.25, -0.2) is 0 Å². The molecule has 1 amide bonds. The molecular formula is C32H41N7O3. The van der Waals surface area contributed by atoms with Gasteiger partial charge in [0, 0.05) is 70.1 Å². The first-order valence-electron chi connectivity index (χ1n) is 15.2. The van der Waals surface area contributed by atoms with Crippen LogP contribution < -0.4 is 14.5 Å². The number of para-hydroxylation sites is 1. The number of carbonyl (C=O) groups excluding carboxylic acids is 1. The van der Waals surface area contributed by atoms with Gasteiger partial charge >= 0.3 is 6.01 Å². The van der Waals surface area contributed by atoms with Gasteiger partial charge in [0.25, 0.3) is 0 Å². The molecule has 2 fully saturated rings. The fourth-order valence-corrected chi connectivity index (χ4v) is 7.21. The number of nitrogens with zero attached hydrogens (tertiary/aromatic N) is 7. The van der Waals surface area contributed by atoms with E-state index in [0.29, 0.717) is 31.7 Å². The largest absolute Gasteiger partial charge is 0.456 e. The van der Waals surface area contributed by atoms with Gasteiger partial charge in [0.1, 0.15) is 18.0 Å². The number of likely N-dealkylation sites (tertiary alicyclic amines) is 1. The third kappa shape index (κ3) is 5.55. The Bertz CT molecular complexity index is 1360. The highest BCUT2D eigenvalue weighted by atomic mass is 16.5. The standard InChI is InChI=1S/C32H41N7O3/c1-4-30(40)39-17-16-37(19-24(39)13-14-33)31-25-12-11-23(38-15-7-9-22-8-5-6-10-27(22)38)18-26(25)34-32(35-31)42-29-21-36(2)20-28(29)41-3/h4-6,8,10,23-24,28-29H,1,7,9,11-13,15-21H2,2-3H3/t23?,24-,28+,29+/m0/s1. The number of anilines is 2. The van der Waals surface area contributed by atoms with Crippen molar-refractivity contribution in [2.75, 3.05) is 63.2 Å². The fourth-order valence-electron chi connectivity index (χ4n) is 7.21. The van der Waals surface area contributed by atoms with Crippen LogP contribution in [0.15, 0.2) is 36.9 Å². The van der Waals surface area contributed by atoms with E-state index in [1.54, 1.807) is 12.0 Å². The van der Waals surface area contributed by atoms with Crippen LogP contribution in [0.3, 0.4) is 0 Å². The van der Waals surface area contributed by atoms with Gasteiger partial charge in [0.05, 0.1) is 24.2 Å². The lowest BCUT2D eigenvalue weighted by molar-refractivity contribution is -0.128. The van der Waals surface area contributed by atoms with Crippen LogP contribution in [0.2, 0.25) is 0 Å². The van der Waals surface area contributed by atoms with Gasteiger partial charge in [-0.05, 0) is 50.4 Å². The minimum absolute atomic E-state index is 0.0517. The minimum atomic E-state index is -0.230. The highest BCUT2D eigenvalue weighted by molar-refractivity contribution is 5.87. The summed E-state index contributed by atoms with van der Waals surface area (Å²) in [5, 5.41) is 9.54. The normalized spacial score (nSPS) is 25.9. The van der Waals surface area contributed by atoms with Crippen LogP contribution in [0.1, 0.15) is 36.1 Å². The topological polar surface area (TPSA) is 98.1 Å². The average Bonchev–Trinajstić information content (AvgIpc) is 3.38. The molecule has 2 aromatic rings. The summed E-state index contributed by atoms with van der Waals surface area (Å²) in [6, 6.07) is 11.6. The van der Waals surface area contributed by atoms with Crippen LogP contribution >= 0.6 is 0 Å². The number of ether oxygens (including phenoxy) is 2. The number of piperazine rings is 1. The molecule has 1 aromatic carbocycles. The van der Waals surface area contributed by atoms with E-state index in [9.17, 15) is 10.1 Å². The zero-order chi connectivity index (χ0) is 29.2. The number of rotatable bonds is 7. The van der Waals surface area contributed by atoms with E-state index in [1.165, 1.54) is 17.3 Å². The van der Waals surface area contributed by atoms with E-state index in [4.69, 9.17) is 19.4 Å². The molecule has 0 radical (unpaired) electrons. The van der Waals surface area contributed by atoms with E-state index >= 15 is 0 Å². The molecule has 4 atom stereocenters. The highest BCUT2D eigenvalue weighted by Crippen LogP contribution is 2.37. The van der Waals surface area contributed by atoms with Crippen molar-refractivity contribution in [2.24, 2.45) is 0 Å². The smallest absolute Gasteiger partial charge is 0.319 e. The maximum Gasteiger partial charge on any atom is 0.319 e. The van der Waals surface area contributed by atoms with Gasteiger partial charge in [0.15, 0.2) is 0 Å². The molecule has 4 aliphatic rings. The van der Waals surface area contributed by atoms with Gasteiger partial charge < -0.3 is 24.2 Å². The number of methoxy groups -OCH3 is 1. The van der Waals surface area contributed by atoms with Crippen LogP contribution in [-0.4, -0.2) is 103 Å². The molecule has 0 spiro atoms. The number of aromatic nitrogens is 2. The first-order valence-corrected chi connectivity index (χ1v) is 15.2. The Labute approximate surface area is 248 Å². The Hall–Kier alpha value is -3.68. The predicted octanol–water partition coefficient (Wildman–Crippen LogP) is 2.61. The summed E-state index contributed by atoms with van der Waals surface area (Å²) in [7, 11) is 3.79. The number of likely N-dealkylation sites (N-methyl/N-ethyl adjacent to an activating group) is 1. The molecule has 2 saturated heterocycles. The number of fused-ring (bicyclic) bond motifs is 2. The number of benzene rings is 1. The Morgan fingerprint density at radius 1 is 1.14 bits per heavy atom. The van der Waals surface area contributed by atoms with E-state index in [0.717, 1.165) is 68.8 Å². The molecule has 3 aliphatic heterocycles. The number of nitriles is 1. The van der Waals surface area contributed by atoms with Crippen LogP contribution in [0, 0.1) is 11.3 Å². The number of amides is 1. The molecule has 6 rings (SSSR count). The monoisotopic (exact) mass is 571 g/mol. The van der Waals surface area contributed by atoms with Crippen molar-refractivity contribution in [2.45, 2.75) is 62.8 Å². The number of hydrogen-bond acceptors (Lipinski definition) is 9. The first kappa shape index (κ1) is 28.4. The summed E-state index contributed by atoms with van der Waals surface area (Å²) in [5.41, 5.74) is 4.97. The van der Waals surface area contributed by atoms with Gasteiger partial charge in [-0.2, -0.15) is 15.2 Å². The summed E-state index contributed by atoms with van der Waals surface area (Å²) in [6.45, 7) is 7.93. The second-order valence-corrected chi connectivity index (χ2v) is 11.9. The van der Waals surface area contributed by atoms with E-state index in [1.807, 2.05) is 0 Å². The zero-order valence-electron chi connectivity index (χ0n) is 24.7. The molecule has 222 valence electrons. The lowest BCUT2D eigenvalue weighted by Gasteiger charge is -2.43. The lowest BCUT2D eigenvalue weighted by Crippen LogP contribution is -2.55. The highest BCUT2D eigenvalue weighted by Gasteiger charge is 2.37. The lowest BCUT2D eigenvalue weighted by atomic mass is 9.88. The Morgan fingerprint density at radius 2 is 1.98 bits per heavy atom. The van der Waals surface area contributed by atoms with Crippen LogP contribution in [0.4, 0.5) is 11.5 Å². The van der Waals surface area contributed by atoms with E-state index in [-0.39, 0.29) is 30.6 Å². The summed E-state index contributed by atoms with van der Waals surface area (Å²) in [5.74, 6) is 0.741. The summed E-state index contributed by atoms with van der Waals surface area (Å²) >= 11 is 0. The van der Waals surface area contributed by atoms with Crippen molar-refractivity contribution < 1.29 is 14.3 Å². The van der Waals surface area contributed by atoms with Gasteiger partial charge in [-0.3, -0.25) is 9.69 Å². The zero-order valence-corrected chi connectivity index (χ0v) is 24.7. The van der Waals surface area contributed by atoms with Crippen LogP contribution in [-0.2, 0) is 28.8 Å². The molecule has 10 nitrogen and oxygen atoms in total. The van der Waals surface area contributed by atoms with Crippen molar-refractivity contribution in [3.8, 4) is 12.1 Å². The number of carbonyl (C=O) groups is 1. The minimum Gasteiger partial charge on any atom is -0.456 e. The quantitative estimate of drug-likeness (QED) is 0.465. The second-order valence-electron chi connectivity index (χ2n) is 11.9. The molecular weight excluding hydrogens is 530 g/mol. The van der Waals surface area contributed by atoms with Crippen molar-refractivity contribution in [3.63, 3.8) is 0 Å². The third-order valence-corrected chi connectivity index (χ3v) is 9.32. The molecule has 1 aliphatic carbocycles. The van der Waals surface area contributed by atoms with Crippen molar-refractivity contribution in [1.82, 2.24) is 19.8 Å².